The summed E-state index contributed by atoms with van der Waals surface area (Å²) in [7, 11) is 1.64. The largest absolute Gasteiger partial charge is 0.497 e. The number of benzene rings is 1. The molecule has 0 atom stereocenters. The van der Waals surface area contributed by atoms with Crippen molar-refractivity contribution in [2.24, 2.45) is 0 Å². The van der Waals surface area contributed by atoms with Gasteiger partial charge in [-0.2, -0.15) is 0 Å². The molecule has 1 fully saturated rings. The van der Waals surface area contributed by atoms with Gasteiger partial charge in [0.05, 0.1) is 18.3 Å². The third-order valence-corrected chi connectivity index (χ3v) is 6.44. The van der Waals surface area contributed by atoms with Crippen molar-refractivity contribution in [1.82, 2.24) is 10.2 Å². The molecule has 30 heavy (non-hydrogen) atoms. The Bertz CT molecular complexity index is 1020. The van der Waals surface area contributed by atoms with Crippen molar-refractivity contribution in [1.29, 1.82) is 0 Å². The molecule has 3 heterocycles. The third kappa shape index (κ3) is 4.26. The van der Waals surface area contributed by atoms with Crippen molar-refractivity contribution in [3.05, 3.63) is 64.2 Å². The van der Waals surface area contributed by atoms with E-state index in [-0.39, 0.29) is 17.9 Å². The van der Waals surface area contributed by atoms with E-state index < -0.39 is 0 Å². The minimum atomic E-state index is -0.0946. The molecule has 0 spiro atoms. The highest BCUT2D eigenvalue weighted by Crippen LogP contribution is 2.32. The van der Waals surface area contributed by atoms with Crippen molar-refractivity contribution < 1.29 is 18.7 Å². The molecule has 3 aromatic rings. The van der Waals surface area contributed by atoms with Crippen molar-refractivity contribution in [3.63, 3.8) is 0 Å². The highest BCUT2D eigenvalue weighted by atomic mass is 32.1. The monoisotopic (exact) mass is 424 g/mol. The number of likely N-dealkylation sites (tertiary alicyclic amines) is 1. The zero-order chi connectivity index (χ0) is 21.1. The fourth-order valence-electron chi connectivity index (χ4n) is 3.69. The Balaban J connectivity index is 1.36. The highest BCUT2D eigenvalue weighted by Gasteiger charge is 2.26. The number of hydrogen-bond acceptors (Lipinski definition) is 5. The summed E-state index contributed by atoms with van der Waals surface area (Å²) in [5.74, 6) is 1.01. The summed E-state index contributed by atoms with van der Waals surface area (Å²) in [4.78, 5) is 28.7. The van der Waals surface area contributed by atoms with E-state index in [4.69, 9.17) is 9.15 Å². The fraction of sp³-hybridized carbons (Fsp3) is 0.304. The van der Waals surface area contributed by atoms with Crippen LogP contribution in [-0.4, -0.2) is 43.0 Å². The molecule has 7 heteroatoms. The average molecular weight is 425 g/mol. The number of thiophene rings is 1. The van der Waals surface area contributed by atoms with E-state index in [0.29, 0.717) is 23.7 Å². The number of nitrogens with one attached hydrogen (secondary N) is 1. The summed E-state index contributed by atoms with van der Waals surface area (Å²) in [6.45, 7) is 3.23. The summed E-state index contributed by atoms with van der Waals surface area (Å²) >= 11 is 1.50. The van der Waals surface area contributed by atoms with Gasteiger partial charge < -0.3 is 19.4 Å². The molecule has 2 aromatic heterocycles. The smallest absolute Gasteiger partial charge is 0.289 e. The first-order valence-corrected chi connectivity index (χ1v) is 10.8. The molecule has 0 saturated carbocycles. The van der Waals surface area contributed by atoms with Crippen LogP contribution in [0, 0.1) is 6.92 Å². The van der Waals surface area contributed by atoms with Crippen LogP contribution in [0.4, 0.5) is 0 Å². The molecule has 1 N–H and O–H groups in total. The van der Waals surface area contributed by atoms with Crippen LogP contribution >= 0.6 is 11.3 Å². The Morgan fingerprint density at radius 2 is 1.90 bits per heavy atom. The molecule has 6 nitrogen and oxygen atoms in total. The quantitative estimate of drug-likeness (QED) is 0.661. The minimum Gasteiger partial charge on any atom is -0.497 e. The SMILES string of the molecule is COc1ccc(-c2cc(C(=O)NC3CCN(C(=O)c4ccco4)CC3)sc2C)cc1. The summed E-state index contributed by atoms with van der Waals surface area (Å²) in [5, 5.41) is 3.13. The lowest BCUT2D eigenvalue weighted by atomic mass is 10.0. The second kappa shape index (κ2) is 8.75. The molecule has 0 radical (unpaired) electrons. The predicted molar refractivity (Wildman–Crippen MR) is 116 cm³/mol. The van der Waals surface area contributed by atoms with Crippen molar-refractivity contribution in [3.8, 4) is 16.9 Å². The summed E-state index contributed by atoms with van der Waals surface area (Å²) in [6, 6.07) is 13.2. The number of carbonyl (C=O) groups is 2. The number of nitrogens with zero attached hydrogens (tertiary/aromatic N) is 1. The Morgan fingerprint density at radius 1 is 1.17 bits per heavy atom. The zero-order valence-electron chi connectivity index (χ0n) is 17.0. The van der Waals surface area contributed by atoms with Crippen LogP contribution < -0.4 is 10.1 Å². The van der Waals surface area contributed by atoms with Gasteiger partial charge in [-0.1, -0.05) is 12.1 Å². The van der Waals surface area contributed by atoms with Crippen LogP contribution in [-0.2, 0) is 0 Å². The predicted octanol–water partition coefficient (Wildman–Crippen LogP) is 4.36. The van der Waals surface area contributed by atoms with Gasteiger partial charge in [-0.25, -0.2) is 0 Å². The number of amides is 2. The second-order valence-corrected chi connectivity index (χ2v) is 8.58. The molecule has 0 unspecified atom stereocenters. The molecule has 2 amide bonds. The minimum absolute atomic E-state index is 0.0568. The first-order chi connectivity index (χ1) is 14.5. The molecule has 1 aliphatic heterocycles. The van der Waals surface area contributed by atoms with Crippen molar-refractivity contribution in [2.45, 2.75) is 25.8 Å². The number of aryl methyl sites for hydroxylation is 1. The van der Waals surface area contributed by atoms with E-state index >= 15 is 0 Å². The van der Waals surface area contributed by atoms with Crippen LogP contribution in [0.15, 0.2) is 53.1 Å². The Kier molecular flexibility index (Phi) is 5.90. The summed E-state index contributed by atoms with van der Waals surface area (Å²) < 4.78 is 10.4. The number of rotatable bonds is 5. The van der Waals surface area contributed by atoms with Gasteiger partial charge in [-0.05, 0) is 61.2 Å². The standard InChI is InChI=1S/C23H24N2O4S/c1-15-19(16-5-7-18(28-2)8-6-16)14-21(30-15)22(26)24-17-9-11-25(12-10-17)23(27)20-4-3-13-29-20/h3-8,13-14,17H,9-12H2,1-2H3,(H,24,26). The summed E-state index contributed by atoms with van der Waals surface area (Å²) in [6.07, 6.45) is 2.96. The molecule has 156 valence electrons. The fourth-order valence-corrected chi connectivity index (χ4v) is 4.64. The lowest BCUT2D eigenvalue weighted by molar-refractivity contribution is 0.0667. The zero-order valence-corrected chi connectivity index (χ0v) is 17.8. The van der Waals surface area contributed by atoms with E-state index in [1.54, 1.807) is 24.1 Å². The maximum atomic E-state index is 12.8. The molecule has 0 aliphatic carbocycles. The lowest BCUT2D eigenvalue weighted by Gasteiger charge is -2.31. The number of methoxy groups -OCH3 is 1. The van der Waals surface area contributed by atoms with Crippen LogP contribution in [0.1, 0.15) is 37.9 Å². The van der Waals surface area contributed by atoms with Crippen LogP contribution in [0.5, 0.6) is 5.75 Å². The van der Waals surface area contributed by atoms with E-state index in [1.165, 1.54) is 17.6 Å². The number of hydrogen-bond donors (Lipinski definition) is 1. The van der Waals surface area contributed by atoms with Gasteiger partial charge in [0.2, 0.25) is 0 Å². The van der Waals surface area contributed by atoms with E-state index in [0.717, 1.165) is 34.6 Å². The molecular weight excluding hydrogens is 400 g/mol. The van der Waals surface area contributed by atoms with Gasteiger partial charge in [0.15, 0.2) is 5.76 Å². The van der Waals surface area contributed by atoms with Crippen LogP contribution in [0.3, 0.4) is 0 Å². The van der Waals surface area contributed by atoms with Gasteiger partial charge in [0.1, 0.15) is 5.75 Å². The van der Waals surface area contributed by atoms with Gasteiger partial charge in [0, 0.05) is 24.0 Å². The third-order valence-electron chi connectivity index (χ3n) is 5.39. The van der Waals surface area contributed by atoms with Gasteiger partial charge >= 0.3 is 0 Å². The van der Waals surface area contributed by atoms with E-state index in [9.17, 15) is 9.59 Å². The Morgan fingerprint density at radius 3 is 2.53 bits per heavy atom. The molecule has 1 saturated heterocycles. The number of piperidine rings is 1. The molecule has 0 bridgehead atoms. The number of ether oxygens (including phenoxy) is 1. The van der Waals surface area contributed by atoms with Crippen molar-refractivity contribution >= 4 is 23.2 Å². The Hall–Kier alpha value is -3.06. The first-order valence-electron chi connectivity index (χ1n) is 9.93. The van der Waals surface area contributed by atoms with Gasteiger partial charge in [-0.3, -0.25) is 9.59 Å². The van der Waals surface area contributed by atoms with Gasteiger partial charge in [0.25, 0.3) is 11.8 Å². The number of carbonyl (C=O) groups excluding carboxylic acids is 2. The summed E-state index contributed by atoms with van der Waals surface area (Å²) in [5.41, 5.74) is 2.13. The Labute approximate surface area is 179 Å². The molecule has 4 rings (SSSR count). The maximum absolute atomic E-state index is 12.8. The molecule has 1 aromatic carbocycles. The van der Waals surface area contributed by atoms with Crippen LogP contribution in [0.25, 0.3) is 11.1 Å². The molecular formula is C23H24N2O4S. The van der Waals surface area contributed by atoms with Gasteiger partial charge in [-0.15, -0.1) is 11.3 Å². The topological polar surface area (TPSA) is 71.8 Å². The normalized spacial score (nSPS) is 14.5. The second-order valence-electron chi connectivity index (χ2n) is 7.33. The highest BCUT2D eigenvalue weighted by molar-refractivity contribution is 7.14. The lowest BCUT2D eigenvalue weighted by Crippen LogP contribution is -2.46. The van der Waals surface area contributed by atoms with Crippen LogP contribution in [0.2, 0.25) is 0 Å². The van der Waals surface area contributed by atoms with Crippen molar-refractivity contribution in [2.75, 3.05) is 20.2 Å². The maximum Gasteiger partial charge on any atom is 0.289 e. The molecule has 1 aliphatic rings. The number of furan rings is 1. The van der Waals surface area contributed by atoms with E-state index in [2.05, 4.69) is 5.32 Å². The first kappa shape index (κ1) is 20.2. The average Bonchev–Trinajstić information content (AvgIpc) is 3.44. The van der Waals surface area contributed by atoms with E-state index in [1.807, 2.05) is 37.3 Å².